The quantitative estimate of drug-likeness (QED) is 0.262. The van der Waals surface area contributed by atoms with Gasteiger partial charge in [0.15, 0.2) is 6.10 Å². The summed E-state index contributed by atoms with van der Waals surface area (Å²) in [6.45, 7) is 3.67. The molecule has 1 aliphatic heterocycles. The molecule has 3 aromatic rings. The Kier molecular flexibility index (Phi) is 11.1. The summed E-state index contributed by atoms with van der Waals surface area (Å²) in [4.78, 5) is 31.4. The minimum absolute atomic E-state index is 0.184. The number of carbonyl (C=O) groups is 2. The molecule has 0 spiro atoms. The van der Waals surface area contributed by atoms with Crippen molar-refractivity contribution >= 4 is 29.3 Å². The Morgan fingerprint density at radius 3 is 2.24 bits per heavy atom. The Hall–Kier alpha value is -3.53. The maximum absolute atomic E-state index is 14.2. The Bertz CT molecular complexity index is 1280. The number of carbonyl (C=O) groups excluding carboxylic acids is 2. The van der Waals surface area contributed by atoms with Crippen LogP contribution < -0.4 is 14.4 Å². The lowest BCUT2D eigenvalue weighted by atomic mass is 10.1. The zero-order valence-electron chi connectivity index (χ0n) is 24.1. The molecule has 1 aliphatic rings. The van der Waals surface area contributed by atoms with E-state index in [-0.39, 0.29) is 24.4 Å². The maximum atomic E-state index is 14.2. The van der Waals surface area contributed by atoms with Crippen molar-refractivity contribution in [2.75, 3.05) is 59.0 Å². The highest BCUT2D eigenvalue weighted by Gasteiger charge is 2.39. The molecule has 0 fully saturated rings. The van der Waals surface area contributed by atoms with Crippen molar-refractivity contribution < 1.29 is 28.5 Å². The van der Waals surface area contributed by atoms with Gasteiger partial charge in [0.25, 0.3) is 5.91 Å². The van der Waals surface area contributed by atoms with Crippen molar-refractivity contribution in [1.82, 2.24) is 4.90 Å². The zero-order chi connectivity index (χ0) is 29.2. The summed E-state index contributed by atoms with van der Waals surface area (Å²) in [6.07, 6.45) is -0.0130. The van der Waals surface area contributed by atoms with E-state index < -0.39 is 12.1 Å². The molecule has 9 heteroatoms. The zero-order valence-corrected chi connectivity index (χ0v) is 24.9. The molecule has 0 N–H and O–H groups in total. The van der Waals surface area contributed by atoms with Crippen LogP contribution in [0.4, 0.5) is 5.69 Å². The molecule has 0 saturated heterocycles. The topological polar surface area (TPSA) is 77.5 Å². The van der Waals surface area contributed by atoms with E-state index in [0.717, 1.165) is 40.6 Å². The predicted molar refractivity (Wildman–Crippen MR) is 161 cm³/mol. The highest BCUT2D eigenvalue weighted by molar-refractivity contribution is 7.99. The number of hydrogen-bond donors (Lipinski definition) is 0. The number of methoxy groups -OCH3 is 2. The van der Waals surface area contributed by atoms with Gasteiger partial charge in [-0.1, -0.05) is 36.4 Å². The first kappa shape index (κ1) is 30.4. The normalized spacial score (nSPS) is 16.7. The second kappa shape index (κ2) is 14.9. The SMILES string of the molecule is CCOC(=O)CO[C@@H]1C(=O)N(CCN(C)CCc2ccc(OC)cc2)c2ccccc2S[C@@H]1c1ccc(OC)cc1. The van der Waals surface area contributed by atoms with Gasteiger partial charge in [-0.2, -0.15) is 0 Å². The number of fused-ring (bicyclic) bond motifs is 1. The van der Waals surface area contributed by atoms with Crippen molar-refractivity contribution in [3.05, 3.63) is 83.9 Å². The third-order valence-corrected chi connectivity index (χ3v) is 8.34. The van der Waals surface area contributed by atoms with Crippen molar-refractivity contribution in [1.29, 1.82) is 0 Å². The van der Waals surface area contributed by atoms with Crippen LogP contribution in [0.15, 0.2) is 77.7 Å². The molecule has 0 aliphatic carbocycles. The molecule has 1 amide bonds. The van der Waals surface area contributed by atoms with Gasteiger partial charge in [0.05, 0.1) is 31.8 Å². The summed E-state index contributed by atoms with van der Waals surface area (Å²) in [5.74, 6) is 0.884. The fraction of sp³-hybridized carbons (Fsp3) is 0.375. The van der Waals surface area contributed by atoms with E-state index in [1.54, 1.807) is 37.8 Å². The number of likely N-dealkylation sites (N-methyl/N-ethyl adjacent to an activating group) is 1. The molecule has 8 nitrogen and oxygen atoms in total. The molecule has 1 heterocycles. The van der Waals surface area contributed by atoms with E-state index in [2.05, 4.69) is 24.1 Å². The molecule has 2 atom stereocenters. The number of thioether (sulfide) groups is 1. The van der Waals surface area contributed by atoms with Crippen LogP contribution in [-0.2, 0) is 25.5 Å². The Balaban J connectivity index is 1.54. The molecule has 4 rings (SSSR count). The average Bonchev–Trinajstić information content (AvgIpc) is 3.12. The minimum Gasteiger partial charge on any atom is -0.497 e. The summed E-state index contributed by atoms with van der Waals surface area (Å²) in [7, 11) is 5.34. The second-order valence-corrected chi connectivity index (χ2v) is 10.9. The number of rotatable bonds is 13. The van der Waals surface area contributed by atoms with Gasteiger partial charge in [-0.05, 0) is 67.9 Å². The number of anilines is 1. The van der Waals surface area contributed by atoms with Crippen LogP contribution in [0.5, 0.6) is 11.5 Å². The molecular weight excluding hydrogens is 540 g/mol. The van der Waals surface area contributed by atoms with Crippen LogP contribution in [0.1, 0.15) is 23.3 Å². The van der Waals surface area contributed by atoms with Crippen molar-refractivity contribution in [3.63, 3.8) is 0 Å². The van der Waals surface area contributed by atoms with Crippen molar-refractivity contribution in [3.8, 4) is 11.5 Å². The van der Waals surface area contributed by atoms with E-state index >= 15 is 0 Å². The van der Waals surface area contributed by atoms with E-state index in [1.807, 2.05) is 60.7 Å². The highest BCUT2D eigenvalue weighted by atomic mass is 32.2. The molecule has 218 valence electrons. The number of hydrogen-bond acceptors (Lipinski definition) is 8. The lowest BCUT2D eigenvalue weighted by Crippen LogP contribution is -2.45. The number of para-hydroxylation sites is 1. The third-order valence-electron chi connectivity index (χ3n) is 6.97. The van der Waals surface area contributed by atoms with Crippen LogP contribution in [0.25, 0.3) is 0 Å². The van der Waals surface area contributed by atoms with Gasteiger partial charge < -0.3 is 28.7 Å². The molecule has 0 unspecified atom stereocenters. The van der Waals surface area contributed by atoms with Gasteiger partial charge in [-0.25, -0.2) is 4.79 Å². The van der Waals surface area contributed by atoms with E-state index in [1.165, 1.54) is 5.56 Å². The molecule has 0 aromatic heterocycles. The van der Waals surface area contributed by atoms with Crippen molar-refractivity contribution in [2.45, 2.75) is 29.6 Å². The Labute approximate surface area is 246 Å². The number of nitrogens with zero attached hydrogens (tertiary/aromatic N) is 2. The first-order valence-electron chi connectivity index (χ1n) is 13.7. The van der Waals surface area contributed by atoms with Crippen LogP contribution in [0, 0.1) is 0 Å². The summed E-state index contributed by atoms with van der Waals surface area (Å²) in [5.41, 5.74) is 2.97. The molecule has 0 bridgehead atoms. The fourth-order valence-electron chi connectivity index (χ4n) is 4.66. The van der Waals surface area contributed by atoms with Crippen molar-refractivity contribution in [2.24, 2.45) is 0 Å². The average molecular weight is 579 g/mol. The highest BCUT2D eigenvalue weighted by Crippen LogP contribution is 2.46. The summed E-state index contributed by atoms with van der Waals surface area (Å²) in [6, 6.07) is 23.6. The molecule has 0 saturated carbocycles. The van der Waals surface area contributed by atoms with Crippen LogP contribution in [0.3, 0.4) is 0 Å². The lowest BCUT2D eigenvalue weighted by molar-refractivity contribution is -0.152. The third kappa shape index (κ3) is 8.03. The molecular formula is C32H38N2O6S. The number of ether oxygens (including phenoxy) is 4. The molecule has 0 radical (unpaired) electrons. The minimum atomic E-state index is -0.894. The summed E-state index contributed by atoms with van der Waals surface area (Å²) in [5, 5.41) is -0.373. The first-order valence-corrected chi connectivity index (χ1v) is 14.6. The van der Waals surface area contributed by atoms with Crippen LogP contribution in [0.2, 0.25) is 0 Å². The summed E-state index contributed by atoms with van der Waals surface area (Å²) >= 11 is 1.57. The summed E-state index contributed by atoms with van der Waals surface area (Å²) < 4.78 is 21.7. The van der Waals surface area contributed by atoms with Crippen LogP contribution in [-0.4, -0.2) is 77.0 Å². The fourth-order valence-corrected chi connectivity index (χ4v) is 6.00. The van der Waals surface area contributed by atoms with Gasteiger partial charge in [-0.15, -0.1) is 11.8 Å². The predicted octanol–water partition coefficient (Wildman–Crippen LogP) is 5.01. The van der Waals surface area contributed by atoms with Gasteiger partial charge in [0.1, 0.15) is 18.1 Å². The number of amides is 1. The first-order chi connectivity index (χ1) is 19.9. The van der Waals surface area contributed by atoms with E-state index in [9.17, 15) is 9.59 Å². The van der Waals surface area contributed by atoms with Crippen LogP contribution >= 0.6 is 11.8 Å². The van der Waals surface area contributed by atoms with Gasteiger partial charge in [0, 0.05) is 24.5 Å². The van der Waals surface area contributed by atoms with Gasteiger partial charge in [0.2, 0.25) is 0 Å². The smallest absolute Gasteiger partial charge is 0.332 e. The molecule has 3 aromatic carbocycles. The largest absolute Gasteiger partial charge is 0.497 e. The van der Waals surface area contributed by atoms with E-state index in [4.69, 9.17) is 18.9 Å². The van der Waals surface area contributed by atoms with E-state index in [0.29, 0.717) is 13.1 Å². The second-order valence-electron chi connectivity index (χ2n) is 9.71. The number of esters is 1. The Morgan fingerprint density at radius 2 is 1.59 bits per heavy atom. The number of benzene rings is 3. The monoisotopic (exact) mass is 578 g/mol. The Morgan fingerprint density at radius 1 is 0.927 bits per heavy atom. The maximum Gasteiger partial charge on any atom is 0.332 e. The molecule has 41 heavy (non-hydrogen) atoms. The van der Waals surface area contributed by atoms with Gasteiger partial charge >= 0.3 is 5.97 Å². The standard InChI is InChI=1S/C32H38N2O6S/c1-5-39-29(35)22-40-30-31(24-12-16-26(38-4)17-13-24)41-28-9-7-6-8-27(28)34(32(30)36)21-20-33(2)19-18-23-10-14-25(37-3)15-11-23/h6-17,30-31H,5,18-22H2,1-4H3/t30-,31+/m0/s1. The van der Waals surface area contributed by atoms with Gasteiger partial charge in [-0.3, -0.25) is 4.79 Å². The lowest BCUT2D eigenvalue weighted by Gasteiger charge is -2.29.